The predicted octanol–water partition coefficient (Wildman–Crippen LogP) is 3.48. The molecule has 0 atom stereocenters. The van der Waals surface area contributed by atoms with Gasteiger partial charge in [0, 0.05) is 17.7 Å². The number of hydrogen-bond donors (Lipinski definition) is 0. The first-order chi connectivity index (χ1) is 8.22. The lowest BCUT2D eigenvalue weighted by atomic mass is 10.1. The first-order valence-corrected chi connectivity index (χ1v) is 5.85. The van der Waals surface area contributed by atoms with Crippen molar-refractivity contribution in [3.63, 3.8) is 0 Å². The van der Waals surface area contributed by atoms with Gasteiger partial charge < -0.3 is 4.90 Å². The monoisotopic (exact) mass is 287 g/mol. The number of nitriles is 1. The number of nitrogens with zero attached hydrogens (tertiary/aromatic N) is 3. The van der Waals surface area contributed by atoms with Gasteiger partial charge in [0.1, 0.15) is 6.07 Å². The van der Waals surface area contributed by atoms with Crippen molar-refractivity contribution in [3.8, 4) is 6.07 Å². The molecule has 2 aromatic rings. The van der Waals surface area contributed by atoms with E-state index in [2.05, 4.69) is 27.0 Å². The summed E-state index contributed by atoms with van der Waals surface area (Å²) < 4.78 is 0.947. The first kappa shape index (κ1) is 11.6. The van der Waals surface area contributed by atoms with Crippen LogP contribution in [0, 0.1) is 11.3 Å². The molecule has 1 heterocycles. The molecule has 1 aromatic carbocycles. The third-order valence-electron chi connectivity index (χ3n) is 2.47. The minimum atomic E-state index is 0.638. The van der Waals surface area contributed by atoms with E-state index in [1.807, 2.05) is 36.2 Å². The van der Waals surface area contributed by atoms with Gasteiger partial charge in [-0.25, -0.2) is 0 Å². The quantitative estimate of drug-likeness (QED) is 0.849. The summed E-state index contributed by atoms with van der Waals surface area (Å²) in [6.07, 6.45) is 3.49. The molecular weight excluding hydrogens is 278 g/mol. The van der Waals surface area contributed by atoms with Gasteiger partial charge in [-0.1, -0.05) is 15.9 Å². The fraction of sp³-hybridized carbons (Fsp3) is 0.0769. The van der Waals surface area contributed by atoms with Crippen LogP contribution in [0.1, 0.15) is 5.56 Å². The zero-order valence-electron chi connectivity index (χ0n) is 9.26. The molecule has 0 unspecified atom stereocenters. The maximum Gasteiger partial charge on any atom is 0.101 e. The molecular formula is C13H10BrN3. The van der Waals surface area contributed by atoms with E-state index in [-0.39, 0.29) is 0 Å². The maximum absolute atomic E-state index is 9.10. The van der Waals surface area contributed by atoms with Gasteiger partial charge in [0.25, 0.3) is 0 Å². The van der Waals surface area contributed by atoms with Gasteiger partial charge in [-0.05, 0) is 30.3 Å². The fourth-order valence-corrected chi connectivity index (χ4v) is 1.92. The highest BCUT2D eigenvalue weighted by molar-refractivity contribution is 9.10. The summed E-state index contributed by atoms with van der Waals surface area (Å²) in [6.45, 7) is 0. The minimum absolute atomic E-state index is 0.638. The lowest BCUT2D eigenvalue weighted by Gasteiger charge is -2.20. The lowest BCUT2D eigenvalue weighted by Crippen LogP contribution is -2.11. The summed E-state index contributed by atoms with van der Waals surface area (Å²) in [4.78, 5) is 6.01. The molecule has 0 aliphatic rings. The number of anilines is 2. The Morgan fingerprint density at radius 3 is 2.82 bits per heavy atom. The summed E-state index contributed by atoms with van der Waals surface area (Å²) in [7, 11) is 1.92. The normalized spacial score (nSPS) is 9.71. The van der Waals surface area contributed by atoms with Gasteiger partial charge in [-0.2, -0.15) is 5.26 Å². The zero-order chi connectivity index (χ0) is 12.3. The Hall–Kier alpha value is -1.86. The van der Waals surface area contributed by atoms with Gasteiger partial charge >= 0.3 is 0 Å². The highest BCUT2D eigenvalue weighted by atomic mass is 79.9. The highest BCUT2D eigenvalue weighted by Gasteiger charge is 2.09. The number of aromatic nitrogens is 1. The van der Waals surface area contributed by atoms with Gasteiger partial charge in [0.15, 0.2) is 0 Å². The van der Waals surface area contributed by atoms with E-state index in [9.17, 15) is 0 Å². The topological polar surface area (TPSA) is 39.9 Å². The van der Waals surface area contributed by atoms with Crippen molar-refractivity contribution >= 4 is 27.3 Å². The largest absolute Gasteiger partial charge is 0.342 e. The van der Waals surface area contributed by atoms with E-state index in [4.69, 9.17) is 5.26 Å². The molecule has 0 aliphatic heterocycles. The summed E-state index contributed by atoms with van der Waals surface area (Å²) in [6, 6.07) is 11.6. The molecule has 4 heteroatoms. The zero-order valence-corrected chi connectivity index (χ0v) is 10.8. The van der Waals surface area contributed by atoms with E-state index >= 15 is 0 Å². The van der Waals surface area contributed by atoms with Crippen LogP contribution in [0.25, 0.3) is 0 Å². The van der Waals surface area contributed by atoms with Crippen molar-refractivity contribution in [2.45, 2.75) is 0 Å². The molecule has 84 valence electrons. The van der Waals surface area contributed by atoms with Crippen molar-refractivity contribution < 1.29 is 0 Å². The Kier molecular flexibility index (Phi) is 3.40. The van der Waals surface area contributed by atoms with Crippen LogP contribution in [0.2, 0.25) is 0 Å². The predicted molar refractivity (Wildman–Crippen MR) is 71.2 cm³/mol. The average molecular weight is 288 g/mol. The molecule has 17 heavy (non-hydrogen) atoms. The smallest absolute Gasteiger partial charge is 0.101 e. The molecule has 0 fully saturated rings. The Morgan fingerprint density at radius 1 is 1.35 bits per heavy atom. The van der Waals surface area contributed by atoms with E-state index in [0.29, 0.717) is 5.56 Å². The summed E-state index contributed by atoms with van der Waals surface area (Å²) in [5.74, 6) is 0. The molecule has 0 amide bonds. The van der Waals surface area contributed by atoms with Crippen LogP contribution in [-0.2, 0) is 0 Å². The second kappa shape index (κ2) is 4.98. The van der Waals surface area contributed by atoms with Crippen molar-refractivity contribution in [1.82, 2.24) is 4.98 Å². The molecule has 2 rings (SSSR count). The standard InChI is InChI=1S/C13H10BrN3/c1-17(12-3-2-6-16-9-12)13-7-11(14)5-4-10(13)8-15/h2-7,9H,1H3. The summed E-state index contributed by atoms with van der Waals surface area (Å²) >= 11 is 3.41. The van der Waals surface area contributed by atoms with E-state index < -0.39 is 0 Å². The SMILES string of the molecule is CN(c1cccnc1)c1cc(Br)ccc1C#N. The van der Waals surface area contributed by atoms with Gasteiger partial charge in [0.2, 0.25) is 0 Å². The number of rotatable bonds is 2. The molecule has 1 aromatic heterocycles. The Labute approximate surface area is 108 Å². The van der Waals surface area contributed by atoms with Crippen LogP contribution >= 0.6 is 15.9 Å². The second-order valence-electron chi connectivity index (χ2n) is 3.54. The molecule has 0 saturated heterocycles. The fourth-order valence-electron chi connectivity index (χ4n) is 1.57. The molecule has 0 spiro atoms. The molecule has 0 saturated carbocycles. The van der Waals surface area contributed by atoms with Crippen LogP contribution in [0.15, 0.2) is 47.2 Å². The van der Waals surface area contributed by atoms with Crippen LogP contribution in [0.5, 0.6) is 0 Å². The van der Waals surface area contributed by atoms with E-state index in [1.165, 1.54) is 0 Å². The van der Waals surface area contributed by atoms with E-state index in [0.717, 1.165) is 15.8 Å². The molecule has 0 bridgehead atoms. The van der Waals surface area contributed by atoms with E-state index in [1.54, 1.807) is 18.5 Å². The third kappa shape index (κ3) is 2.45. The van der Waals surface area contributed by atoms with Crippen molar-refractivity contribution in [1.29, 1.82) is 5.26 Å². The Bertz CT molecular complexity index is 561. The number of halogens is 1. The molecule has 0 radical (unpaired) electrons. The third-order valence-corrected chi connectivity index (χ3v) is 2.97. The first-order valence-electron chi connectivity index (χ1n) is 5.06. The Balaban J connectivity index is 2.47. The van der Waals surface area contributed by atoms with Crippen LogP contribution in [-0.4, -0.2) is 12.0 Å². The Morgan fingerprint density at radius 2 is 2.18 bits per heavy atom. The molecule has 3 nitrogen and oxygen atoms in total. The molecule has 0 aliphatic carbocycles. The molecule has 0 N–H and O–H groups in total. The maximum atomic E-state index is 9.10. The summed E-state index contributed by atoms with van der Waals surface area (Å²) in [5, 5.41) is 9.10. The van der Waals surface area contributed by atoms with Gasteiger partial charge in [-0.15, -0.1) is 0 Å². The number of benzene rings is 1. The van der Waals surface area contributed by atoms with Crippen molar-refractivity contribution in [2.24, 2.45) is 0 Å². The number of hydrogen-bond acceptors (Lipinski definition) is 3. The minimum Gasteiger partial charge on any atom is -0.342 e. The highest BCUT2D eigenvalue weighted by Crippen LogP contribution is 2.28. The number of pyridine rings is 1. The van der Waals surface area contributed by atoms with Crippen molar-refractivity contribution in [2.75, 3.05) is 11.9 Å². The summed E-state index contributed by atoms with van der Waals surface area (Å²) in [5.41, 5.74) is 2.44. The van der Waals surface area contributed by atoms with Crippen LogP contribution < -0.4 is 4.90 Å². The second-order valence-corrected chi connectivity index (χ2v) is 4.46. The van der Waals surface area contributed by atoms with Crippen LogP contribution in [0.4, 0.5) is 11.4 Å². The van der Waals surface area contributed by atoms with Gasteiger partial charge in [0.05, 0.1) is 23.1 Å². The van der Waals surface area contributed by atoms with Gasteiger partial charge in [-0.3, -0.25) is 4.98 Å². The van der Waals surface area contributed by atoms with Crippen molar-refractivity contribution in [3.05, 3.63) is 52.8 Å². The van der Waals surface area contributed by atoms with Crippen LogP contribution in [0.3, 0.4) is 0 Å². The average Bonchev–Trinajstić information content (AvgIpc) is 2.39. The lowest BCUT2D eigenvalue weighted by molar-refractivity contribution is 1.17.